The van der Waals surface area contributed by atoms with Crippen LogP contribution in [0.4, 0.5) is 0 Å². The van der Waals surface area contributed by atoms with Gasteiger partial charge >= 0.3 is 0 Å². The van der Waals surface area contributed by atoms with Gasteiger partial charge in [-0.1, -0.05) is 0 Å². The van der Waals surface area contributed by atoms with Crippen LogP contribution in [0.2, 0.25) is 0 Å². The Kier molecular flexibility index (Phi) is 2.90. The minimum absolute atomic E-state index is 0.446. The van der Waals surface area contributed by atoms with E-state index in [0.29, 0.717) is 25.8 Å². The van der Waals surface area contributed by atoms with E-state index in [9.17, 15) is 5.11 Å². The molecule has 0 spiro atoms. The first-order valence-electron chi connectivity index (χ1n) is 6.28. The molecule has 5 nitrogen and oxygen atoms in total. The van der Waals surface area contributed by atoms with Crippen molar-refractivity contribution in [3.8, 4) is 0 Å². The van der Waals surface area contributed by atoms with E-state index in [1.807, 2.05) is 12.5 Å². The smallest absolute Gasteiger partial charge is 0.103 e. The zero-order chi connectivity index (χ0) is 11.7. The van der Waals surface area contributed by atoms with Gasteiger partial charge in [-0.15, -0.1) is 0 Å². The third-order valence-corrected chi connectivity index (χ3v) is 3.53. The second kappa shape index (κ2) is 4.40. The van der Waals surface area contributed by atoms with Gasteiger partial charge in [-0.3, -0.25) is 0 Å². The lowest BCUT2D eigenvalue weighted by Crippen LogP contribution is -2.40. The van der Waals surface area contributed by atoms with Crippen molar-refractivity contribution >= 4 is 0 Å². The summed E-state index contributed by atoms with van der Waals surface area (Å²) in [5, 5.41) is 13.4. The number of nitrogens with zero attached hydrogens (tertiary/aromatic N) is 2. The van der Waals surface area contributed by atoms with Crippen LogP contribution in [0.3, 0.4) is 0 Å². The molecule has 3 rings (SSSR count). The van der Waals surface area contributed by atoms with Crippen molar-refractivity contribution in [1.29, 1.82) is 0 Å². The molecule has 2 fully saturated rings. The van der Waals surface area contributed by atoms with E-state index in [4.69, 9.17) is 4.74 Å². The van der Waals surface area contributed by atoms with Crippen LogP contribution in [0.25, 0.3) is 0 Å². The molecule has 1 saturated carbocycles. The van der Waals surface area contributed by atoms with Crippen LogP contribution >= 0.6 is 0 Å². The van der Waals surface area contributed by atoms with E-state index in [1.54, 1.807) is 0 Å². The Morgan fingerprint density at radius 1 is 1.59 bits per heavy atom. The molecule has 1 aliphatic carbocycles. The molecule has 94 valence electrons. The number of nitrogens with one attached hydrogen (secondary N) is 1. The zero-order valence-electron chi connectivity index (χ0n) is 9.93. The maximum atomic E-state index is 10.1. The molecule has 0 bridgehead atoms. The quantitative estimate of drug-likeness (QED) is 0.781. The summed E-state index contributed by atoms with van der Waals surface area (Å²) in [6.45, 7) is 2.46. The first kappa shape index (κ1) is 11.2. The Hall–Kier alpha value is -0.910. The third kappa shape index (κ3) is 2.51. The summed E-state index contributed by atoms with van der Waals surface area (Å²) in [6.07, 6.45) is 7.06. The summed E-state index contributed by atoms with van der Waals surface area (Å²) in [5.74, 6) is 0. The van der Waals surface area contributed by atoms with Gasteiger partial charge in [0.05, 0.1) is 18.6 Å². The fraction of sp³-hybridized carbons (Fsp3) is 0.750. The summed E-state index contributed by atoms with van der Waals surface area (Å²) >= 11 is 0. The van der Waals surface area contributed by atoms with E-state index in [-0.39, 0.29) is 0 Å². The lowest BCUT2D eigenvalue weighted by molar-refractivity contribution is 0.0267. The van der Waals surface area contributed by atoms with Gasteiger partial charge < -0.3 is 19.7 Å². The van der Waals surface area contributed by atoms with Crippen molar-refractivity contribution in [3.63, 3.8) is 0 Å². The molecule has 5 heteroatoms. The summed E-state index contributed by atoms with van der Waals surface area (Å²) in [4.78, 5) is 4.19. The lowest BCUT2D eigenvalue weighted by Gasteiger charge is -2.20. The molecule has 17 heavy (non-hydrogen) atoms. The summed E-state index contributed by atoms with van der Waals surface area (Å²) in [6, 6.07) is 0.659. The highest BCUT2D eigenvalue weighted by Gasteiger charge is 2.32. The van der Waals surface area contributed by atoms with Crippen molar-refractivity contribution in [2.45, 2.75) is 37.5 Å². The van der Waals surface area contributed by atoms with Gasteiger partial charge in [0.25, 0.3) is 0 Å². The Bertz CT molecular complexity index is 381. The monoisotopic (exact) mass is 237 g/mol. The van der Waals surface area contributed by atoms with Crippen molar-refractivity contribution in [1.82, 2.24) is 14.9 Å². The Morgan fingerprint density at radius 3 is 3.18 bits per heavy atom. The predicted octanol–water partition coefficient (Wildman–Crippen LogP) is 0.459. The number of aromatic nitrogens is 2. The highest BCUT2D eigenvalue weighted by molar-refractivity contribution is 5.03. The van der Waals surface area contributed by atoms with Crippen LogP contribution in [0.5, 0.6) is 0 Å². The summed E-state index contributed by atoms with van der Waals surface area (Å²) < 4.78 is 7.45. The lowest BCUT2D eigenvalue weighted by atomic mass is 10.0. The maximum absolute atomic E-state index is 10.1. The van der Waals surface area contributed by atoms with Gasteiger partial charge in [-0.2, -0.15) is 0 Å². The molecule has 2 aliphatic rings. The second-order valence-electron chi connectivity index (χ2n) is 5.15. The van der Waals surface area contributed by atoms with Gasteiger partial charge in [-0.05, 0) is 12.8 Å². The standard InChI is InChI=1S/C12H19N3O2/c16-12(3-4-17-8-12)7-13-5-11-6-14-9-15(11)10-1-2-10/h6,9-10,13,16H,1-5,7-8H2. The molecular weight excluding hydrogens is 218 g/mol. The maximum Gasteiger partial charge on any atom is 0.103 e. The Morgan fingerprint density at radius 2 is 2.47 bits per heavy atom. The molecule has 1 aromatic heterocycles. The number of hydrogen-bond donors (Lipinski definition) is 2. The molecular formula is C12H19N3O2. The van der Waals surface area contributed by atoms with Crippen LogP contribution in [-0.2, 0) is 11.3 Å². The summed E-state index contributed by atoms with van der Waals surface area (Å²) in [5.41, 5.74) is 0.528. The van der Waals surface area contributed by atoms with Gasteiger partial charge in [0.15, 0.2) is 0 Å². The Balaban J connectivity index is 1.51. The van der Waals surface area contributed by atoms with Gasteiger partial charge in [-0.25, -0.2) is 4.98 Å². The molecule has 1 atom stereocenters. The minimum Gasteiger partial charge on any atom is -0.386 e. The van der Waals surface area contributed by atoms with Gasteiger partial charge in [0.1, 0.15) is 5.60 Å². The average molecular weight is 237 g/mol. The zero-order valence-corrected chi connectivity index (χ0v) is 9.93. The first-order valence-corrected chi connectivity index (χ1v) is 6.28. The molecule has 2 N–H and O–H groups in total. The van der Waals surface area contributed by atoms with Crippen LogP contribution in [0.1, 0.15) is 31.0 Å². The molecule has 2 heterocycles. The third-order valence-electron chi connectivity index (χ3n) is 3.53. The first-order chi connectivity index (χ1) is 8.27. The summed E-state index contributed by atoms with van der Waals surface area (Å²) in [7, 11) is 0. The van der Waals surface area contributed by atoms with Crippen molar-refractivity contribution in [2.75, 3.05) is 19.8 Å². The van der Waals surface area contributed by atoms with Gasteiger partial charge in [0, 0.05) is 38.4 Å². The van der Waals surface area contributed by atoms with E-state index in [0.717, 1.165) is 13.0 Å². The molecule has 1 aliphatic heterocycles. The van der Waals surface area contributed by atoms with E-state index in [1.165, 1.54) is 18.5 Å². The van der Waals surface area contributed by atoms with Crippen LogP contribution in [-0.4, -0.2) is 40.0 Å². The number of rotatable bonds is 5. The van der Waals surface area contributed by atoms with E-state index < -0.39 is 5.60 Å². The molecule has 1 unspecified atom stereocenters. The molecule has 1 saturated heterocycles. The van der Waals surface area contributed by atoms with Crippen LogP contribution < -0.4 is 5.32 Å². The SMILES string of the molecule is OC1(CNCc2cncn2C2CC2)CCOC1. The normalized spacial score (nSPS) is 28.8. The van der Waals surface area contributed by atoms with Crippen molar-refractivity contribution in [2.24, 2.45) is 0 Å². The number of hydrogen-bond acceptors (Lipinski definition) is 4. The van der Waals surface area contributed by atoms with Crippen LogP contribution in [0, 0.1) is 0 Å². The number of aliphatic hydroxyl groups is 1. The highest BCUT2D eigenvalue weighted by atomic mass is 16.5. The van der Waals surface area contributed by atoms with Gasteiger partial charge in [0.2, 0.25) is 0 Å². The van der Waals surface area contributed by atoms with Crippen molar-refractivity contribution in [3.05, 3.63) is 18.2 Å². The number of ether oxygens (including phenoxy) is 1. The second-order valence-corrected chi connectivity index (χ2v) is 5.15. The van der Waals surface area contributed by atoms with E-state index in [2.05, 4.69) is 14.9 Å². The van der Waals surface area contributed by atoms with Crippen LogP contribution in [0.15, 0.2) is 12.5 Å². The Labute approximate surface area is 101 Å². The average Bonchev–Trinajstić information content (AvgIpc) is 2.90. The molecule has 0 aromatic carbocycles. The van der Waals surface area contributed by atoms with E-state index >= 15 is 0 Å². The predicted molar refractivity (Wildman–Crippen MR) is 62.6 cm³/mol. The highest BCUT2D eigenvalue weighted by Crippen LogP contribution is 2.35. The topological polar surface area (TPSA) is 59.3 Å². The minimum atomic E-state index is -0.676. The van der Waals surface area contributed by atoms with Crippen molar-refractivity contribution < 1.29 is 9.84 Å². The molecule has 0 radical (unpaired) electrons. The molecule has 0 amide bonds. The fourth-order valence-corrected chi connectivity index (χ4v) is 2.31. The largest absolute Gasteiger partial charge is 0.386 e. The fourth-order valence-electron chi connectivity index (χ4n) is 2.31. The molecule has 1 aromatic rings. The number of imidazole rings is 1.